The highest BCUT2D eigenvalue weighted by Gasteiger charge is 2.47. The highest BCUT2D eigenvalue weighted by molar-refractivity contribution is 7.53. The topological polar surface area (TPSA) is 35.5 Å². The number of halogens is 6. The molecule has 0 N–H and O–H groups in total. The lowest BCUT2D eigenvalue weighted by Gasteiger charge is -2.27. The fraction of sp³-hybridized carbons (Fsp3) is 1.00. The van der Waals surface area contributed by atoms with Gasteiger partial charge in [-0.2, -0.15) is 26.3 Å². The minimum Gasteiger partial charge on any atom is -0.296 e. The zero-order chi connectivity index (χ0) is 18.3. The molecule has 0 unspecified atom stereocenters. The molecule has 0 heterocycles. The first-order chi connectivity index (χ1) is 10.3. The average molecular weight is 372 g/mol. The molecule has 0 aliphatic rings. The summed E-state index contributed by atoms with van der Waals surface area (Å²) in [4.78, 5) is 0. The largest absolute Gasteiger partial charge is 0.415 e. The summed E-state index contributed by atoms with van der Waals surface area (Å²) in [5, 5.41) is 0. The van der Waals surface area contributed by atoms with Crippen molar-refractivity contribution in [3.05, 3.63) is 0 Å². The van der Waals surface area contributed by atoms with Gasteiger partial charge >= 0.3 is 19.9 Å². The highest BCUT2D eigenvalue weighted by Crippen LogP contribution is 2.51. The van der Waals surface area contributed by atoms with E-state index in [0.29, 0.717) is 13.1 Å². The third-order valence-electron chi connectivity index (χ3n) is 3.06. The lowest BCUT2D eigenvalue weighted by atomic mass is 10.1. The minimum absolute atomic E-state index is 0.175. The Kier molecular flexibility index (Phi) is 9.17. The third kappa shape index (κ3) is 9.57. The van der Waals surface area contributed by atoms with Crippen LogP contribution < -0.4 is 0 Å². The van der Waals surface area contributed by atoms with Crippen molar-refractivity contribution in [3.63, 3.8) is 0 Å². The first-order valence-corrected chi connectivity index (χ1v) is 9.40. The fourth-order valence-electron chi connectivity index (χ4n) is 1.89. The summed E-state index contributed by atoms with van der Waals surface area (Å²) < 4.78 is 97.1. The van der Waals surface area contributed by atoms with Crippen LogP contribution in [0.2, 0.25) is 0 Å². The molecule has 0 saturated carbocycles. The van der Waals surface area contributed by atoms with Crippen LogP contribution in [0.4, 0.5) is 26.3 Å². The Labute approximate surface area is 132 Å². The standard InChI is InChI=1S/C13H23F6O3P/c1-4-6-7-8-9-11(13(17,18)19)22-23(3,20)21-10(5-2)12(14,15)16/h10-11H,4-9H2,1-3H3/t10-,11-,23-/m0/s1. The second kappa shape index (κ2) is 9.28. The molecule has 0 amide bonds. The van der Waals surface area contributed by atoms with Gasteiger partial charge < -0.3 is 0 Å². The monoisotopic (exact) mass is 372 g/mol. The van der Waals surface area contributed by atoms with Crippen LogP contribution in [0.25, 0.3) is 0 Å². The van der Waals surface area contributed by atoms with Crippen molar-refractivity contribution in [2.45, 2.75) is 76.9 Å². The van der Waals surface area contributed by atoms with Crippen molar-refractivity contribution in [1.82, 2.24) is 0 Å². The van der Waals surface area contributed by atoms with Gasteiger partial charge in [-0.3, -0.25) is 13.6 Å². The van der Waals surface area contributed by atoms with Crippen LogP contribution in [0, 0.1) is 0 Å². The molecular formula is C13H23F6O3P. The fourth-order valence-corrected chi connectivity index (χ4v) is 3.35. The number of alkyl halides is 6. The van der Waals surface area contributed by atoms with E-state index in [2.05, 4.69) is 9.05 Å². The zero-order valence-electron chi connectivity index (χ0n) is 13.3. The minimum atomic E-state index is -4.82. The SMILES string of the molecule is CCCCCC[C@H](O[P@@](C)(=O)O[C@@H](CC)C(F)(F)F)C(F)(F)F. The molecular weight excluding hydrogens is 349 g/mol. The number of hydrogen-bond acceptors (Lipinski definition) is 3. The van der Waals surface area contributed by atoms with Crippen molar-refractivity contribution in [3.8, 4) is 0 Å². The van der Waals surface area contributed by atoms with Crippen LogP contribution in [0.1, 0.15) is 52.4 Å². The van der Waals surface area contributed by atoms with E-state index in [0.717, 1.165) is 19.8 Å². The number of rotatable bonds is 10. The van der Waals surface area contributed by atoms with Crippen LogP contribution in [-0.2, 0) is 13.6 Å². The van der Waals surface area contributed by atoms with Crippen molar-refractivity contribution >= 4 is 7.60 Å². The summed E-state index contributed by atoms with van der Waals surface area (Å²) in [6, 6.07) is 0. The van der Waals surface area contributed by atoms with Gasteiger partial charge in [0, 0.05) is 6.66 Å². The van der Waals surface area contributed by atoms with Crippen molar-refractivity contribution in [1.29, 1.82) is 0 Å². The Balaban J connectivity index is 4.85. The van der Waals surface area contributed by atoms with Crippen LogP contribution in [0.3, 0.4) is 0 Å². The maximum absolute atomic E-state index is 12.9. The second-order valence-corrected chi connectivity index (χ2v) is 7.26. The van der Waals surface area contributed by atoms with Crippen molar-refractivity contribution in [2.75, 3.05) is 6.66 Å². The molecule has 0 aromatic carbocycles. The molecule has 3 nitrogen and oxygen atoms in total. The molecule has 140 valence electrons. The Morgan fingerprint density at radius 2 is 1.35 bits per heavy atom. The first kappa shape index (κ1) is 22.7. The summed E-state index contributed by atoms with van der Waals surface area (Å²) in [6.07, 6.45) is -13.2. The predicted octanol–water partition coefficient (Wildman–Crippen LogP) is 6.08. The third-order valence-corrected chi connectivity index (χ3v) is 4.33. The molecule has 0 saturated heterocycles. The first-order valence-electron chi connectivity index (χ1n) is 7.41. The summed E-state index contributed by atoms with van der Waals surface area (Å²) in [6.45, 7) is 3.64. The second-order valence-electron chi connectivity index (χ2n) is 5.30. The van der Waals surface area contributed by atoms with E-state index in [9.17, 15) is 30.9 Å². The van der Waals surface area contributed by atoms with Gasteiger partial charge in [-0.25, -0.2) is 0 Å². The summed E-state index contributed by atoms with van der Waals surface area (Å²) in [7, 11) is -4.51. The molecule has 0 bridgehead atoms. The molecule has 10 heteroatoms. The van der Waals surface area contributed by atoms with E-state index >= 15 is 0 Å². The molecule has 0 radical (unpaired) electrons. The van der Waals surface area contributed by atoms with Gasteiger partial charge in [-0.15, -0.1) is 0 Å². The summed E-state index contributed by atoms with van der Waals surface area (Å²) in [5.74, 6) is 0. The lowest BCUT2D eigenvalue weighted by molar-refractivity contribution is -0.211. The van der Waals surface area contributed by atoms with E-state index < -0.39 is 45.0 Å². The van der Waals surface area contributed by atoms with Crippen LogP contribution in [-0.4, -0.2) is 31.2 Å². The molecule has 3 atom stereocenters. The van der Waals surface area contributed by atoms with Gasteiger partial charge in [0.1, 0.15) is 0 Å². The molecule has 0 aromatic rings. The summed E-state index contributed by atoms with van der Waals surface area (Å²) in [5.41, 5.74) is 0. The Morgan fingerprint density at radius 1 is 0.870 bits per heavy atom. The van der Waals surface area contributed by atoms with E-state index in [-0.39, 0.29) is 6.42 Å². The molecule has 0 rings (SSSR count). The van der Waals surface area contributed by atoms with Crippen molar-refractivity contribution < 1.29 is 40.0 Å². The molecule has 0 aliphatic heterocycles. The highest BCUT2D eigenvalue weighted by atomic mass is 31.2. The van der Waals surface area contributed by atoms with E-state index in [1.165, 1.54) is 0 Å². The molecule has 0 aliphatic carbocycles. The Bertz CT molecular complexity index is 383. The predicted molar refractivity (Wildman–Crippen MR) is 74.4 cm³/mol. The van der Waals surface area contributed by atoms with Gasteiger partial charge in [-0.1, -0.05) is 39.5 Å². The van der Waals surface area contributed by atoms with Gasteiger partial charge in [0.2, 0.25) is 0 Å². The summed E-state index contributed by atoms with van der Waals surface area (Å²) >= 11 is 0. The molecule has 23 heavy (non-hydrogen) atoms. The van der Waals surface area contributed by atoms with Gasteiger partial charge in [0.15, 0.2) is 12.2 Å². The van der Waals surface area contributed by atoms with E-state index in [1.807, 2.05) is 6.92 Å². The quantitative estimate of drug-likeness (QED) is 0.265. The zero-order valence-corrected chi connectivity index (χ0v) is 14.2. The number of hydrogen-bond donors (Lipinski definition) is 0. The number of unbranched alkanes of at least 4 members (excludes halogenated alkanes) is 3. The lowest BCUT2D eigenvalue weighted by Crippen LogP contribution is -2.34. The van der Waals surface area contributed by atoms with Crippen LogP contribution >= 0.6 is 7.60 Å². The molecule has 0 spiro atoms. The van der Waals surface area contributed by atoms with E-state index in [4.69, 9.17) is 0 Å². The Hall–Kier alpha value is -0.270. The maximum Gasteiger partial charge on any atom is 0.415 e. The maximum atomic E-state index is 12.9. The normalized spacial score (nSPS) is 18.5. The average Bonchev–Trinajstić information content (AvgIpc) is 2.37. The van der Waals surface area contributed by atoms with Gasteiger partial charge in [0.25, 0.3) is 0 Å². The van der Waals surface area contributed by atoms with Gasteiger partial charge in [0.05, 0.1) is 0 Å². The Morgan fingerprint density at radius 3 is 1.74 bits per heavy atom. The smallest absolute Gasteiger partial charge is 0.296 e. The van der Waals surface area contributed by atoms with Crippen LogP contribution in [0.15, 0.2) is 0 Å². The molecule has 0 aromatic heterocycles. The van der Waals surface area contributed by atoms with Crippen molar-refractivity contribution in [2.24, 2.45) is 0 Å². The van der Waals surface area contributed by atoms with Gasteiger partial charge in [-0.05, 0) is 12.8 Å². The van der Waals surface area contributed by atoms with Crippen LogP contribution in [0.5, 0.6) is 0 Å². The van der Waals surface area contributed by atoms with E-state index in [1.54, 1.807) is 0 Å². The molecule has 0 fully saturated rings.